The van der Waals surface area contributed by atoms with Crippen LogP contribution in [0.5, 0.6) is 0 Å². The molecule has 0 radical (unpaired) electrons. The monoisotopic (exact) mass is 951 g/mol. The number of ether oxygens (including phenoxy) is 2. The third-order valence-corrected chi connectivity index (χ3v) is 15.8. The van der Waals surface area contributed by atoms with E-state index in [9.17, 15) is 38.6 Å². The number of fused-ring (bicyclic) bond motifs is 2. The van der Waals surface area contributed by atoms with Crippen LogP contribution in [-0.2, 0) is 47.9 Å². The first-order chi connectivity index (χ1) is 30.2. The molecule has 2 aromatic heterocycles. The topological polar surface area (TPSA) is 214 Å². The minimum atomic E-state index is -5.29. The van der Waals surface area contributed by atoms with Gasteiger partial charge in [0.1, 0.15) is 25.3 Å². The van der Waals surface area contributed by atoms with Crippen molar-refractivity contribution >= 4 is 80.5 Å². The highest BCUT2D eigenvalue weighted by Gasteiger charge is 2.55. The maximum Gasteiger partial charge on any atom is 0.404 e. The molecule has 340 valence electrons. The Bertz CT molecular complexity index is 2300. The number of carbonyl (C=O) groups is 5. The Kier molecular flexibility index (Phi) is 16.8. The third kappa shape index (κ3) is 11.5. The van der Waals surface area contributed by atoms with E-state index >= 15 is 8.78 Å². The van der Waals surface area contributed by atoms with Crippen molar-refractivity contribution in [2.24, 2.45) is 5.92 Å². The molecule has 2 N–H and O–H groups in total. The van der Waals surface area contributed by atoms with Gasteiger partial charge in [-0.25, -0.2) is 0 Å². The number of benzene rings is 1. The molecular formula is C41H48F2N5O11PS3. The van der Waals surface area contributed by atoms with Crippen molar-refractivity contribution in [3.63, 3.8) is 0 Å². The zero-order valence-electron chi connectivity index (χ0n) is 34.6. The Hall–Kier alpha value is -4.00. The molecule has 3 saturated heterocycles. The fourth-order valence-electron chi connectivity index (χ4n) is 8.14. The maximum absolute atomic E-state index is 16.3. The number of aromatic amines is 1. The number of thioether (sulfide) groups is 2. The first-order valence-corrected chi connectivity index (χ1v) is 24.6. The summed E-state index contributed by atoms with van der Waals surface area (Å²) in [6.45, 7) is -1.12. The number of methoxy groups -OCH3 is 2. The largest absolute Gasteiger partial charge is 0.404 e. The maximum atomic E-state index is 16.3. The van der Waals surface area contributed by atoms with Crippen LogP contribution < -0.4 is 10.9 Å². The molecule has 3 amide bonds. The molecule has 6 rings (SSSR count). The summed E-state index contributed by atoms with van der Waals surface area (Å²) in [5, 5.41) is 12.2. The summed E-state index contributed by atoms with van der Waals surface area (Å²) >= 11 is 2.51. The van der Waals surface area contributed by atoms with Crippen LogP contribution in [0.1, 0.15) is 65.2 Å². The number of carbonyl (C=O) groups excluding carboxylic acids is 5. The molecule has 16 nitrogen and oxygen atoms in total. The molecule has 0 aliphatic carbocycles. The molecule has 0 bridgehead atoms. The Labute approximate surface area is 374 Å². The molecular weight excluding hydrogens is 904 g/mol. The van der Waals surface area contributed by atoms with Gasteiger partial charge in [0.2, 0.25) is 27.6 Å². The van der Waals surface area contributed by atoms with Crippen molar-refractivity contribution < 1.29 is 55.8 Å². The van der Waals surface area contributed by atoms with Crippen molar-refractivity contribution in [2.75, 3.05) is 65.2 Å². The van der Waals surface area contributed by atoms with Gasteiger partial charge in [-0.05, 0) is 60.9 Å². The van der Waals surface area contributed by atoms with Crippen LogP contribution in [0.25, 0.3) is 10.1 Å². The van der Waals surface area contributed by atoms with Gasteiger partial charge in [-0.2, -0.15) is 14.0 Å². The van der Waals surface area contributed by atoms with E-state index in [1.165, 1.54) is 38.6 Å². The van der Waals surface area contributed by atoms with E-state index in [0.29, 0.717) is 42.4 Å². The highest BCUT2D eigenvalue weighted by Crippen LogP contribution is 2.67. The fraction of sp³-hybridized carbons (Fsp3) is 0.537. The summed E-state index contributed by atoms with van der Waals surface area (Å²) in [7, 11) is -2.64. The number of pyridine rings is 1. The van der Waals surface area contributed by atoms with E-state index in [-0.39, 0.29) is 81.7 Å². The molecule has 22 heteroatoms. The van der Waals surface area contributed by atoms with Gasteiger partial charge >= 0.3 is 13.3 Å². The normalized spacial score (nSPS) is 21.8. The van der Waals surface area contributed by atoms with E-state index in [1.807, 2.05) is 0 Å². The van der Waals surface area contributed by atoms with Gasteiger partial charge in [-0.1, -0.05) is 42.4 Å². The number of likely N-dealkylation sites (tertiary alicyclic amines) is 1. The number of nitrogens with zero attached hydrogens (tertiary/aromatic N) is 3. The molecule has 63 heavy (non-hydrogen) atoms. The van der Waals surface area contributed by atoms with Crippen molar-refractivity contribution in [2.45, 2.75) is 68.2 Å². The number of amides is 3. The van der Waals surface area contributed by atoms with Gasteiger partial charge in [-0.15, -0.1) is 11.3 Å². The lowest BCUT2D eigenvalue weighted by molar-refractivity contribution is -0.146. The molecule has 3 aliphatic heterocycles. The Morgan fingerprint density at radius 1 is 0.952 bits per heavy atom. The summed E-state index contributed by atoms with van der Waals surface area (Å²) in [5.74, 6) is -2.44. The number of nitrogens with one attached hydrogen (secondary N) is 2. The molecule has 5 heterocycles. The standard InChI is InChI=1S/C41H48F2N5O11PS3/c1-56-23-36(50)61-15-13-58-60(55,59-14-16-62-37(51)24-57-2)41(42,43)28-7-10-33-26(17-28)18-34(63-33)38(52)46-31-6-4-3-5-29-8-9-32(48(29)39(31)53)40(54)47-21-27(20-44)30(22-47)25-11-12-45-35(49)19-25/h7,10-12,17-19,27,29-32H,3-6,8-9,13-16,21-24H2,1-2H3,(H,45,49)(H,46,52)/t27-,29+,30+,31?,32+/m1/s1. The van der Waals surface area contributed by atoms with Crippen LogP contribution in [0, 0.1) is 17.2 Å². The minimum absolute atomic E-state index is 0.117. The van der Waals surface area contributed by atoms with Crippen LogP contribution in [0.2, 0.25) is 0 Å². The lowest BCUT2D eigenvalue weighted by atomic mass is 9.91. The first-order valence-electron chi connectivity index (χ1n) is 20.3. The summed E-state index contributed by atoms with van der Waals surface area (Å²) in [6.07, 6.45) is 4.94. The zero-order valence-corrected chi connectivity index (χ0v) is 37.9. The summed E-state index contributed by atoms with van der Waals surface area (Å²) in [5.41, 5.74) is -4.58. The number of alkyl halides is 2. The van der Waals surface area contributed by atoms with E-state index in [2.05, 4.69) is 16.4 Å². The quantitative estimate of drug-likeness (QED) is 0.120. The zero-order chi connectivity index (χ0) is 45.3. The number of nitriles is 1. The summed E-state index contributed by atoms with van der Waals surface area (Å²) in [6, 6.07) is 8.32. The molecule has 0 saturated carbocycles. The van der Waals surface area contributed by atoms with Gasteiger partial charge in [0, 0.05) is 73.3 Å². The first kappa shape index (κ1) is 48.5. The molecule has 3 aromatic rings. The number of hydrogen-bond donors (Lipinski definition) is 2. The van der Waals surface area contributed by atoms with Crippen LogP contribution in [0.3, 0.4) is 0 Å². The van der Waals surface area contributed by atoms with Gasteiger partial charge < -0.3 is 38.6 Å². The Morgan fingerprint density at radius 3 is 2.29 bits per heavy atom. The van der Waals surface area contributed by atoms with Gasteiger partial charge in [0.05, 0.1) is 30.1 Å². The minimum Gasteiger partial charge on any atom is -0.376 e. The molecule has 3 fully saturated rings. The van der Waals surface area contributed by atoms with E-state index in [1.54, 1.807) is 15.9 Å². The Balaban J connectivity index is 1.16. The van der Waals surface area contributed by atoms with Crippen molar-refractivity contribution in [1.29, 1.82) is 5.26 Å². The highest BCUT2D eigenvalue weighted by atomic mass is 32.2. The van der Waals surface area contributed by atoms with Gasteiger partial charge in [-0.3, -0.25) is 33.3 Å². The lowest BCUT2D eigenvalue weighted by Crippen LogP contribution is -2.56. The second kappa shape index (κ2) is 21.8. The van der Waals surface area contributed by atoms with Crippen LogP contribution in [0.4, 0.5) is 8.78 Å². The summed E-state index contributed by atoms with van der Waals surface area (Å²) in [4.78, 5) is 83.9. The number of thiophene rings is 1. The molecule has 1 unspecified atom stereocenters. The second-order valence-corrected chi connectivity index (χ2v) is 20.7. The third-order valence-electron chi connectivity index (χ3n) is 11.1. The summed E-state index contributed by atoms with van der Waals surface area (Å²) < 4.78 is 66.9. The fourth-order valence-corrected chi connectivity index (χ4v) is 12.0. The lowest BCUT2D eigenvalue weighted by Gasteiger charge is -2.36. The van der Waals surface area contributed by atoms with Crippen LogP contribution >= 0.6 is 42.5 Å². The number of halogens is 2. The predicted octanol–water partition coefficient (Wildman–Crippen LogP) is 5.48. The van der Waals surface area contributed by atoms with E-state index < -0.39 is 61.9 Å². The number of rotatable bonds is 18. The predicted molar refractivity (Wildman–Crippen MR) is 233 cm³/mol. The SMILES string of the molecule is COCC(=O)SCCOP(=O)(OCCSC(=O)COC)C(F)(F)c1ccc2sc(C(=O)NC3CCCC[C@H]4CC[C@@H](C(=O)N5C[C@@H](C#N)[C@H](c6cc[nH]c(=O)c6)C5)N4C3=O)cc2c1. The van der Waals surface area contributed by atoms with Crippen molar-refractivity contribution in [1.82, 2.24) is 20.1 Å². The van der Waals surface area contributed by atoms with Crippen molar-refractivity contribution in [3.05, 3.63) is 69.0 Å². The van der Waals surface area contributed by atoms with Crippen LogP contribution in [-0.4, -0.2) is 126 Å². The Morgan fingerprint density at radius 2 is 1.63 bits per heavy atom. The molecule has 0 spiro atoms. The number of aromatic nitrogens is 1. The van der Waals surface area contributed by atoms with Gasteiger partial charge in [0.25, 0.3) is 5.91 Å². The second-order valence-electron chi connectivity index (χ2n) is 15.2. The van der Waals surface area contributed by atoms with Crippen LogP contribution in [0.15, 0.2) is 47.4 Å². The molecule has 3 aliphatic rings. The van der Waals surface area contributed by atoms with Crippen molar-refractivity contribution in [3.8, 4) is 6.07 Å². The number of hydrogen-bond acceptors (Lipinski definition) is 15. The average Bonchev–Trinajstić information content (AvgIpc) is 4.01. The highest BCUT2D eigenvalue weighted by molar-refractivity contribution is 8.14. The van der Waals surface area contributed by atoms with E-state index in [4.69, 9.17) is 18.5 Å². The molecule has 1 aromatic carbocycles. The van der Waals surface area contributed by atoms with Gasteiger partial charge in [0.15, 0.2) is 0 Å². The average molecular weight is 952 g/mol. The van der Waals surface area contributed by atoms with E-state index in [0.717, 1.165) is 53.4 Å². The number of H-pyrrole nitrogens is 1. The smallest absolute Gasteiger partial charge is 0.376 e. The molecule has 5 atom stereocenters.